The number of imidazole rings is 1. The van der Waals surface area contributed by atoms with Crippen LogP contribution in [0.2, 0.25) is 5.15 Å². The summed E-state index contributed by atoms with van der Waals surface area (Å²) < 4.78 is 7.31. The second-order valence-corrected chi connectivity index (χ2v) is 4.87. The van der Waals surface area contributed by atoms with Gasteiger partial charge in [0.1, 0.15) is 11.7 Å². The van der Waals surface area contributed by atoms with Gasteiger partial charge in [0.2, 0.25) is 5.95 Å². The number of halogens is 1. The molecule has 0 aliphatic carbocycles. The fourth-order valence-corrected chi connectivity index (χ4v) is 2.57. The first-order valence-electron chi connectivity index (χ1n) is 6.10. The number of fused-ring (bicyclic) bond motifs is 1. The number of anilines is 1. The van der Waals surface area contributed by atoms with Crippen molar-refractivity contribution in [3.8, 4) is 0 Å². The number of nitrogen functional groups attached to an aromatic ring is 1. The van der Waals surface area contributed by atoms with Crippen LogP contribution in [0.25, 0.3) is 21.6 Å². The van der Waals surface area contributed by atoms with Crippen molar-refractivity contribution in [2.75, 3.05) is 12.3 Å². The van der Waals surface area contributed by atoms with E-state index >= 15 is 0 Å². The van der Waals surface area contributed by atoms with Gasteiger partial charge in [0, 0.05) is 11.3 Å². The Morgan fingerprint density at radius 3 is 3.14 bits per heavy atom. The number of hydrogen-bond donors (Lipinski definition) is 2. The molecule has 1 unspecified atom stereocenters. The molecule has 3 atom stereocenters. The summed E-state index contributed by atoms with van der Waals surface area (Å²) in [6.45, 7) is -0.245. The third kappa shape index (κ3) is 2.34. The zero-order valence-corrected chi connectivity index (χ0v) is 11.4. The fourth-order valence-electron chi connectivity index (χ4n) is 2.35. The van der Waals surface area contributed by atoms with E-state index < -0.39 is 18.4 Å². The van der Waals surface area contributed by atoms with Gasteiger partial charge in [0.15, 0.2) is 10.8 Å². The first kappa shape index (κ1) is 13.8. The van der Waals surface area contributed by atoms with Gasteiger partial charge in [-0.25, -0.2) is 4.98 Å². The van der Waals surface area contributed by atoms with E-state index in [4.69, 9.17) is 27.6 Å². The molecule has 1 saturated heterocycles. The molecule has 0 aromatic carbocycles. The lowest BCUT2D eigenvalue weighted by Crippen LogP contribution is -2.22. The van der Waals surface area contributed by atoms with Crippen molar-refractivity contribution < 1.29 is 9.84 Å². The van der Waals surface area contributed by atoms with E-state index in [0.717, 1.165) is 0 Å². The summed E-state index contributed by atoms with van der Waals surface area (Å²) in [5.41, 5.74) is 15.0. The number of aromatic nitrogens is 4. The second kappa shape index (κ2) is 5.34. The van der Waals surface area contributed by atoms with Gasteiger partial charge in [-0.2, -0.15) is 9.97 Å². The van der Waals surface area contributed by atoms with Gasteiger partial charge in [0.25, 0.3) is 0 Å². The highest BCUT2D eigenvalue weighted by Gasteiger charge is 2.36. The molecule has 1 fully saturated rings. The molecule has 0 saturated carbocycles. The quantitative estimate of drug-likeness (QED) is 0.374. The number of ether oxygens (including phenoxy) is 1. The maximum Gasteiger partial charge on any atom is 0.223 e. The summed E-state index contributed by atoms with van der Waals surface area (Å²) in [7, 11) is 0. The van der Waals surface area contributed by atoms with Gasteiger partial charge in [-0.1, -0.05) is 16.7 Å². The number of hydrogen-bond acceptors (Lipinski definition) is 7. The van der Waals surface area contributed by atoms with E-state index in [1.165, 1.54) is 6.33 Å². The van der Waals surface area contributed by atoms with Crippen LogP contribution in [0.15, 0.2) is 11.4 Å². The molecule has 2 aromatic heterocycles. The van der Waals surface area contributed by atoms with Crippen LogP contribution in [0.1, 0.15) is 12.6 Å². The normalized spacial score (nSPS) is 25.1. The highest BCUT2D eigenvalue weighted by Crippen LogP contribution is 2.33. The van der Waals surface area contributed by atoms with Gasteiger partial charge >= 0.3 is 0 Å². The van der Waals surface area contributed by atoms with Crippen LogP contribution in [0.3, 0.4) is 0 Å². The minimum Gasteiger partial charge on any atom is -0.394 e. The van der Waals surface area contributed by atoms with Crippen molar-refractivity contribution in [1.29, 1.82) is 0 Å². The molecule has 0 amide bonds. The molecule has 3 N–H and O–H groups in total. The van der Waals surface area contributed by atoms with Crippen LogP contribution >= 0.6 is 11.6 Å². The monoisotopic (exact) mass is 310 g/mol. The Bertz CT molecular complexity index is 727. The number of azide groups is 1. The average Bonchev–Trinajstić information content (AvgIpc) is 3.02. The molecule has 1 aliphatic heterocycles. The number of nitrogens with zero attached hydrogens (tertiary/aromatic N) is 7. The fraction of sp³-hybridized carbons (Fsp3) is 0.500. The summed E-state index contributed by atoms with van der Waals surface area (Å²) in [5.74, 6) is 0.0255. The average molecular weight is 311 g/mol. The lowest BCUT2D eigenvalue weighted by Gasteiger charge is -2.13. The van der Waals surface area contributed by atoms with Crippen molar-refractivity contribution in [3.05, 3.63) is 21.9 Å². The minimum absolute atomic E-state index is 0.0255. The van der Waals surface area contributed by atoms with Crippen LogP contribution in [-0.2, 0) is 4.74 Å². The Morgan fingerprint density at radius 2 is 2.43 bits per heavy atom. The van der Waals surface area contributed by atoms with Crippen molar-refractivity contribution in [1.82, 2.24) is 19.5 Å². The molecule has 2 aromatic rings. The van der Waals surface area contributed by atoms with Crippen LogP contribution in [-0.4, -0.2) is 43.4 Å². The van der Waals surface area contributed by atoms with E-state index in [0.29, 0.717) is 17.6 Å². The highest BCUT2D eigenvalue weighted by molar-refractivity contribution is 6.33. The standard InChI is InChI=1S/C10H11ClN8O2/c11-8-7-9(16-10(12)15-8)19(3-14-7)6-1-4(17-18-13)5(2-20)21-6/h3-6,20H,1-2H2,(H2,12,15,16)/t4?,5-,6-/m0/s1. The molecule has 0 spiro atoms. The molecule has 110 valence electrons. The first-order valence-corrected chi connectivity index (χ1v) is 6.48. The smallest absolute Gasteiger partial charge is 0.223 e. The summed E-state index contributed by atoms with van der Waals surface area (Å²) in [4.78, 5) is 14.8. The predicted molar refractivity (Wildman–Crippen MR) is 73.3 cm³/mol. The van der Waals surface area contributed by atoms with E-state index in [9.17, 15) is 5.11 Å². The molecular weight excluding hydrogens is 300 g/mol. The third-order valence-electron chi connectivity index (χ3n) is 3.29. The van der Waals surface area contributed by atoms with Gasteiger partial charge in [0.05, 0.1) is 25.1 Å². The maximum atomic E-state index is 9.28. The van der Waals surface area contributed by atoms with Crippen LogP contribution in [0.4, 0.5) is 5.95 Å². The predicted octanol–water partition coefficient (Wildman–Crippen LogP) is 1.02. The topological polar surface area (TPSA) is 148 Å². The molecule has 10 nitrogen and oxygen atoms in total. The SMILES string of the molecule is [N-]=[N+]=NC1C[C@@H](n2cnc3c(Cl)nc(N)nc32)O[C@H]1CO. The molecule has 3 heterocycles. The minimum atomic E-state index is -0.571. The molecular formula is C10H11ClN8O2. The first-order chi connectivity index (χ1) is 10.1. The molecule has 11 heteroatoms. The lowest BCUT2D eigenvalue weighted by atomic mass is 10.1. The molecule has 3 rings (SSSR count). The Balaban J connectivity index is 2.00. The molecule has 1 aliphatic rings. The van der Waals surface area contributed by atoms with E-state index in [2.05, 4.69) is 25.0 Å². The van der Waals surface area contributed by atoms with Crippen LogP contribution in [0, 0.1) is 0 Å². The summed E-state index contributed by atoms with van der Waals surface area (Å²) in [6.07, 6.45) is 0.843. The van der Waals surface area contributed by atoms with Crippen LogP contribution in [0.5, 0.6) is 0 Å². The van der Waals surface area contributed by atoms with Crippen molar-refractivity contribution in [2.24, 2.45) is 5.11 Å². The van der Waals surface area contributed by atoms with Gasteiger partial charge < -0.3 is 15.6 Å². The van der Waals surface area contributed by atoms with Crippen molar-refractivity contribution >= 4 is 28.7 Å². The van der Waals surface area contributed by atoms with Gasteiger partial charge in [-0.05, 0) is 5.53 Å². The zero-order chi connectivity index (χ0) is 15.0. The van der Waals surface area contributed by atoms with Gasteiger partial charge in [-0.15, -0.1) is 0 Å². The molecule has 0 bridgehead atoms. The summed E-state index contributed by atoms with van der Waals surface area (Å²) in [5, 5.41) is 13.1. The Labute approximate surface area is 123 Å². The van der Waals surface area contributed by atoms with Crippen molar-refractivity contribution in [2.45, 2.75) is 24.8 Å². The third-order valence-corrected chi connectivity index (χ3v) is 3.55. The number of rotatable bonds is 3. The van der Waals surface area contributed by atoms with E-state index in [1.807, 2.05) is 0 Å². The summed E-state index contributed by atoms with van der Waals surface area (Å²) in [6, 6.07) is -0.461. The molecule has 21 heavy (non-hydrogen) atoms. The van der Waals surface area contributed by atoms with Crippen molar-refractivity contribution in [3.63, 3.8) is 0 Å². The Morgan fingerprint density at radius 1 is 1.62 bits per heavy atom. The van der Waals surface area contributed by atoms with Gasteiger partial charge in [-0.3, -0.25) is 4.57 Å². The number of nitrogens with two attached hydrogens (primary N) is 1. The molecule has 0 radical (unpaired) electrons. The second-order valence-electron chi connectivity index (χ2n) is 4.52. The Hall–Kier alpha value is -2.13. The number of aliphatic hydroxyl groups excluding tert-OH is 1. The maximum absolute atomic E-state index is 9.28. The highest BCUT2D eigenvalue weighted by atomic mass is 35.5. The largest absolute Gasteiger partial charge is 0.394 e. The lowest BCUT2D eigenvalue weighted by molar-refractivity contribution is -0.0232. The van der Waals surface area contributed by atoms with E-state index in [-0.39, 0.29) is 17.7 Å². The Kier molecular flexibility index (Phi) is 3.52. The van der Waals surface area contributed by atoms with Crippen LogP contribution < -0.4 is 5.73 Å². The summed E-state index contributed by atoms with van der Waals surface area (Å²) >= 11 is 5.96. The zero-order valence-electron chi connectivity index (χ0n) is 10.7. The number of aliphatic hydroxyl groups is 1. The van der Waals surface area contributed by atoms with E-state index in [1.54, 1.807) is 4.57 Å².